The predicted octanol–water partition coefficient (Wildman–Crippen LogP) is 6.24. The van der Waals surface area contributed by atoms with Crippen molar-refractivity contribution in [1.82, 2.24) is 29.1 Å². The molecule has 0 saturated carbocycles. The molecule has 1 N–H and O–H groups in total. The summed E-state index contributed by atoms with van der Waals surface area (Å²) in [5.74, 6) is -0.656. The molecule has 14 heteroatoms. The van der Waals surface area contributed by atoms with E-state index in [0.29, 0.717) is 22.3 Å². The first-order chi connectivity index (χ1) is 19.9. The molecule has 4 aromatic heterocycles. The molecule has 0 spiro atoms. The van der Waals surface area contributed by atoms with E-state index in [2.05, 4.69) is 24.8 Å². The molecule has 0 fully saturated rings. The van der Waals surface area contributed by atoms with Gasteiger partial charge >= 0.3 is 12.5 Å². The molecule has 0 aliphatic heterocycles. The van der Waals surface area contributed by atoms with Crippen LogP contribution in [0.4, 0.5) is 26.3 Å². The lowest BCUT2D eigenvalue weighted by Crippen LogP contribution is -2.18. The van der Waals surface area contributed by atoms with Crippen LogP contribution < -0.4 is 10.3 Å². The Bertz CT molecular complexity index is 2010. The monoisotopic (exact) mass is 584 g/mol. The zero-order chi connectivity index (χ0) is 29.8. The number of aromatic nitrogens is 6. The lowest BCUT2D eigenvalue weighted by atomic mass is 10.1. The summed E-state index contributed by atoms with van der Waals surface area (Å²) in [6.45, 7) is 1.46. The highest BCUT2D eigenvalue weighted by Crippen LogP contribution is 2.34. The molecule has 0 atom stereocenters. The van der Waals surface area contributed by atoms with Gasteiger partial charge in [-0.3, -0.25) is 4.79 Å². The van der Waals surface area contributed by atoms with Crippen molar-refractivity contribution in [1.29, 1.82) is 0 Å². The van der Waals surface area contributed by atoms with Gasteiger partial charge in [-0.1, -0.05) is 24.3 Å². The van der Waals surface area contributed by atoms with Crippen LogP contribution >= 0.6 is 0 Å². The molecule has 0 aliphatic rings. The van der Waals surface area contributed by atoms with Gasteiger partial charge in [-0.2, -0.15) is 18.3 Å². The number of hydrogen-bond acceptors (Lipinski definition) is 5. The third kappa shape index (κ3) is 5.06. The van der Waals surface area contributed by atoms with Gasteiger partial charge < -0.3 is 14.1 Å². The second-order valence-corrected chi connectivity index (χ2v) is 9.38. The molecule has 4 heterocycles. The van der Waals surface area contributed by atoms with E-state index < -0.39 is 29.5 Å². The maximum atomic E-state index is 13.5. The van der Waals surface area contributed by atoms with Gasteiger partial charge in [-0.25, -0.2) is 14.6 Å². The van der Waals surface area contributed by atoms with Crippen molar-refractivity contribution in [2.75, 3.05) is 0 Å². The normalized spacial score (nSPS) is 12.4. The molecule has 42 heavy (non-hydrogen) atoms. The zero-order valence-corrected chi connectivity index (χ0v) is 21.5. The van der Waals surface area contributed by atoms with Crippen molar-refractivity contribution in [3.05, 3.63) is 106 Å². The summed E-state index contributed by atoms with van der Waals surface area (Å²) >= 11 is 0. The highest BCUT2D eigenvalue weighted by molar-refractivity contribution is 5.80. The quantitative estimate of drug-likeness (QED) is 0.243. The number of hydrogen-bond donors (Lipinski definition) is 1. The minimum absolute atomic E-state index is 0.0597. The van der Waals surface area contributed by atoms with E-state index in [9.17, 15) is 31.1 Å². The molecule has 0 radical (unpaired) electrons. The minimum Gasteiger partial charge on any atom is -0.405 e. The van der Waals surface area contributed by atoms with Crippen LogP contribution in [0, 0.1) is 6.92 Å². The van der Waals surface area contributed by atoms with Gasteiger partial charge in [0.15, 0.2) is 11.5 Å². The summed E-state index contributed by atoms with van der Waals surface area (Å²) in [6.07, 6.45) is -7.86. The van der Waals surface area contributed by atoms with E-state index in [1.807, 2.05) is 0 Å². The first kappa shape index (κ1) is 27.1. The Morgan fingerprint density at radius 2 is 1.67 bits per heavy atom. The Balaban J connectivity index is 1.48. The van der Waals surface area contributed by atoms with Crippen LogP contribution in [-0.2, 0) is 12.6 Å². The second kappa shape index (κ2) is 9.75. The fourth-order valence-corrected chi connectivity index (χ4v) is 4.73. The first-order valence-electron chi connectivity index (χ1n) is 12.4. The Morgan fingerprint density at radius 3 is 2.38 bits per heavy atom. The van der Waals surface area contributed by atoms with Crippen molar-refractivity contribution >= 4 is 16.7 Å². The maximum Gasteiger partial charge on any atom is 0.573 e. The molecule has 0 unspecified atom stereocenters. The number of alkyl halides is 6. The lowest BCUT2D eigenvalue weighted by molar-refractivity contribution is -0.274. The minimum atomic E-state index is -4.97. The highest BCUT2D eigenvalue weighted by atomic mass is 19.4. The van der Waals surface area contributed by atoms with E-state index in [1.165, 1.54) is 37.3 Å². The predicted molar refractivity (Wildman–Crippen MR) is 139 cm³/mol. The van der Waals surface area contributed by atoms with Crippen LogP contribution in [0.2, 0.25) is 0 Å². The lowest BCUT2D eigenvalue weighted by Gasteiger charge is -2.15. The standard InChI is InChI=1S/C28H18F6N6O2/c1-15-13-22(27(29,30)31)40(38-15)17-10-8-16(9-11-17)14-19-23-25(37-26(41)20-6-4-12-39(20)23)36-24(35-19)18-5-2-3-7-21(18)42-28(32,33)34/h2-13H,14H2,1H3,(H,35,36,37,41). The Kier molecular flexibility index (Phi) is 6.28. The zero-order valence-electron chi connectivity index (χ0n) is 21.5. The Hall–Kier alpha value is -5.14. The molecular formula is C28H18F6N6O2. The van der Waals surface area contributed by atoms with Gasteiger partial charge in [0.25, 0.3) is 5.56 Å². The number of nitrogens with zero attached hydrogens (tertiary/aromatic N) is 5. The van der Waals surface area contributed by atoms with Crippen LogP contribution in [0.3, 0.4) is 0 Å². The van der Waals surface area contributed by atoms with E-state index in [-0.39, 0.29) is 34.8 Å². The van der Waals surface area contributed by atoms with Crippen LogP contribution in [0.15, 0.2) is 77.7 Å². The number of benzene rings is 2. The molecule has 214 valence electrons. The van der Waals surface area contributed by atoms with Gasteiger partial charge in [0.1, 0.15) is 22.5 Å². The number of aryl methyl sites for hydroxylation is 1. The Labute approximate surface area is 231 Å². The number of aromatic amines is 1. The number of H-pyrrole nitrogens is 1. The molecule has 0 saturated heterocycles. The molecule has 0 aliphatic carbocycles. The molecule has 6 aromatic rings. The topological polar surface area (TPSA) is 90.1 Å². The summed E-state index contributed by atoms with van der Waals surface area (Å²) in [5.41, 5.74) is 0.665. The van der Waals surface area contributed by atoms with Crippen molar-refractivity contribution in [2.24, 2.45) is 0 Å². The summed E-state index contributed by atoms with van der Waals surface area (Å²) in [5, 5.41) is 3.96. The number of fused-ring (bicyclic) bond motifs is 3. The molecule has 0 amide bonds. The summed E-state index contributed by atoms with van der Waals surface area (Å²) in [6, 6.07) is 15.7. The average molecular weight is 584 g/mol. The van der Waals surface area contributed by atoms with E-state index in [1.54, 1.807) is 34.9 Å². The number of ether oxygens (including phenoxy) is 1. The first-order valence-corrected chi connectivity index (χ1v) is 12.4. The van der Waals surface area contributed by atoms with E-state index in [0.717, 1.165) is 16.8 Å². The smallest absolute Gasteiger partial charge is 0.405 e. The molecule has 2 aromatic carbocycles. The number of para-hydroxylation sites is 1. The largest absolute Gasteiger partial charge is 0.573 e. The number of rotatable bonds is 5. The summed E-state index contributed by atoms with van der Waals surface area (Å²) in [7, 11) is 0. The fraction of sp³-hybridized carbons (Fsp3) is 0.143. The van der Waals surface area contributed by atoms with Crippen LogP contribution in [0.1, 0.15) is 22.6 Å². The summed E-state index contributed by atoms with van der Waals surface area (Å²) < 4.78 is 86.4. The van der Waals surface area contributed by atoms with Gasteiger partial charge in [-0.05, 0) is 55.0 Å². The molecule has 6 rings (SSSR count). The molecule has 8 nitrogen and oxygen atoms in total. The SMILES string of the molecule is Cc1cc(C(F)(F)F)n(-c2ccc(Cc3nc(-c4ccccc4OC(F)(F)F)nc4[nH]c(=O)c5cccn5c34)cc2)n1. The van der Waals surface area contributed by atoms with Crippen LogP contribution in [0.5, 0.6) is 5.75 Å². The highest BCUT2D eigenvalue weighted by Gasteiger charge is 2.36. The van der Waals surface area contributed by atoms with Gasteiger partial charge in [-0.15, -0.1) is 13.2 Å². The second-order valence-electron chi connectivity index (χ2n) is 9.38. The third-order valence-corrected chi connectivity index (χ3v) is 6.44. The van der Waals surface area contributed by atoms with E-state index in [4.69, 9.17) is 0 Å². The van der Waals surface area contributed by atoms with Crippen molar-refractivity contribution in [2.45, 2.75) is 25.9 Å². The van der Waals surface area contributed by atoms with Crippen molar-refractivity contribution in [3.63, 3.8) is 0 Å². The maximum absolute atomic E-state index is 13.5. The van der Waals surface area contributed by atoms with Crippen LogP contribution in [0.25, 0.3) is 33.8 Å². The number of nitrogens with one attached hydrogen (secondary N) is 1. The van der Waals surface area contributed by atoms with Crippen molar-refractivity contribution in [3.8, 4) is 22.8 Å². The fourth-order valence-electron chi connectivity index (χ4n) is 4.73. The average Bonchev–Trinajstić information content (AvgIpc) is 3.56. The van der Waals surface area contributed by atoms with Gasteiger partial charge in [0, 0.05) is 12.6 Å². The van der Waals surface area contributed by atoms with E-state index >= 15 is 0 Å². The van der Waals surface area contributed by atoms with Gasteiger partial charge in [0.2, 0.25) is 0 Å². The van der Waals surface area contributed by atoms with Crippen molar-refractivity contribution < 1.29 is 31.1 Å². The van der Waals surface area contributed by atoms with Crippen LogP contribution in [-0.4, -0.2) is 35.5 Å². The molecule has 0 bridgehead atoms. The molecular weight excluding hydrogens is 566 g/mol. The number of halogens is 6. The van der Waals surface area contributed by atoms with Gasteiger partial charge in [0.05, 0.1) is 22.6 Å². The Morgan fingerprint density at radius 1 is 0.929 bits per heavy atom. The summed E-state index contributed by atoms with van der Waals surface area (Å²) in [4.78, 5) is 24.3. The third-order valence-electron chi connectivity index (χ3n) is 6.44.